The van der Waals surface area contributed by atoms with Crippen LogP contribution in [0.25, 0.3) is 0 Å². The van der Waals surface area contributed by atoms with Gasteiger partial charge < -0.3 is 15.0 Å². The van der Waals surface area contributed by atoms with Crippen LogP contribution >= 0.6 is 0 Å². The van der Waals surface area contributed by atoms with Gasteiger partial charge in [-0.05, 0) is 31.0 Å². The van der Waals surface area contributed by atoms with Gasteiger partial charge in [-0.3, -0.25) is 0 Å². The fourth-order valence-electron chi connectivity index (χ4n) is 3.33. The Bertz CT molecular complexity index is 415. The van der Waals surface area contributed by atoms with E-state index >= 15 is 0 Å². The molecule has 1 fully saturated rings. The van der Waals surface area contributed by atoms with Crippen molar-refractivity contribution in [2.24, 2.45) is 0 Å². The molecule has 2 aliphatic heterocycles. The number of hydrogen-bond donors (Lipinski definition) is 1. The minimum Gasteiger partial charge on any atom is -0.377 e. The smallest absolute Gasteiger partial charge is 0.0702 e. The first kappa shape index (κ1) is 13.1. The molecule has 0 aromatic heterocycles. The SMILES string of the molecule is CN(CC1CCCO1)CC1CNCc2ccccc21. The Hall–Kier alpha value is -0.900. The van der Waals surface area contributed by atoms with E-state index in [0.717, 1.165) is 32.8 Å². The normalized spacial score (nSPS) is 26.6. The first-order chi connectivity index (χ1) is 9.33. The van der Waals surface area contributed by atoms with Crippen molar-refractivity contribution >= 4 is 0 Å². The minimum atomic E-state index is 0.455. The quantitative estimate of drug-likeness (QED) is 0.896. The van der Waals surface area contributed by atoms with Crippen LogP contribution in [-0.2, 0) is 11.3 Å². The van der Waals surface area contributed by atoms with Crippen molar-refractivity contribution in [3.05, 3.63) is 35.4 Å². The van der Waals surface area contributed by atoms with Gasteiger partial charge >= 0.3 is 0 Å². The Morgan fingerprint density at radius 1 is 1.32 bits per heavy atom. The lowest BCUT2D eigenvalue weighted by molar-refractivity contribution is 0.0792. The molecule has 0 spiro atoms. The highest BCUT2D eigenvalue weighted by molar-refractivity contribution is 5.32. The highest BCUT2D eigenvalue weighted by atomic mass is 16.5. The van der Waals surface area contributed by atoms with Crippen molar-refractivity contribution in [1.82, 2.24) is 10.2 Å². The number of nitrogens with one attached hydrogen (secondary N) is 1. The molecule has 19 heavy (non-hydrogen) atoms. The van der Waals surface area contributed by atoms with Crippen LogP contribution in [0.2, 0.25) is 0 Å². The van der Waals surface area contributed by atoms with Crippen LogP contribution in [0.15, 0.2) is 24.3 Å². The second-order valence-electron chi connectivity index (χ2n) is 5.88. The van der Waals surface area contributed by atoms with E-state index in [0.29, 0.717) is 12.0 Å². The lowest BCUT2D eigenvalue weighted by atomic mass is 9.90. The summed E-state index contributed by atoms with van der Waals surface area (Å²) < 4.78 is 5.72. The summed E-state index contributed by atoms with van der Waals surface area (Å²) in [5, 5.41) is 3.53. The van der Waals surface area contributed by atoms with E-state index in [9.17, 15) is 0 Å². The van der Waals surface area contributed by atoms with Gasteiger partial charge in [0.1, 0.15) is 0 Å². The number of nitrogens with zero attached hydrogens (tertiary/aromatic N) is 1. The van der Waals surface area contributed by atoms with Crippen LogP contribution in [0.1, 0.15) is 29.9 Å². The zero-order valence-corrected chi connectivity index (χ0v) is 11.8. The second-order valence-corrected chi connectivity index (χ2v) is 5.88. The second kappa shape index (κ2) is 6.04. The summed E-state index contributed by atoms with van der Waals surface area (Å²) >= 11 is 0. The molecule has 2 aliphatic rings. The maximum absolute atomic E-state index is 5.72. The summed E-state index contributed by atoms with van der Waals surface area (Å²) in [4.78, 5) is 2.43. The molecule has 1 N–H and O–H groups in total. The van der Waals surface area contributed by atoms with Gasteiger partial charge in [-0.15, -0.1) is 0 Å². The lowest BCUT2D eigenvalue weighted by Gasteiger charge is -2.31. The molecule has 1 aromatic rings. The summed E-state index contributed by atoms with van der Waals surface area (Å²) in [5.74, 6) is 0.608. The van der Waals surface area contributed by atoms with Crippen molar-refractivity contribution in [2.45, 2.75) is 31.4 Å². The van der Waals surface area contributed by atoms with E-state index in [1.165, 1.54) is 24.0 Å². The fraction of sp³-hybridized carbons (Fsp3) is 0.625. The summed E-state index contributed by atoms with van der Waals surface area (Å²) in [5.41, 5.74) is 2.99. The summed E-state index contributed by atoms with van der Waals surface area (Å²) in [6.45, 7) is 5.24. The molecule has 2 unspecified atom stereocenters. The zero-order chi connectivity index (χ0) is 13.1. The van der Waals surface area contributed by atoms with E-state index < -0.39 is 0 Å². The summed E-state index contributed by atoms with van der Waals surface area (Å²) in [6.07, 6.45) is 2.91. The lowest BCUT2D eigenvalue weighted by Crippen LogP contribution is -2.38. The Labute approximate surface area is 115 Å². The standard InChI is InChI=1S/C16H24N2O/c1-18(12-15-6-4-8-19-15)11-14-10-17-9-13-5-2-3-7-16(13)14/h2-3,5,7,14-15,17H,4,6,8-12H2,1H3. The molecular formula is C16H24N2O. The van der Waals surface area contributed by atoms with Crippen LogP contribution in [-0.4, -0.2) is 44.3 Å². The van der Waals surface area contributed by atoms with Gasteiger partial charge in [0.05, 0.1) is 6.10 Å². The van der Waals surface area contributed by atoms with Gasteiger partial charge in [-0.2, -0.15) is 0 Å². The topological polar surface area (TPSA) is 24.5 Å². The average Bonchev–Trinajstić information content (AvgIpc) is 2.92. The maximum Gasteiger partial charge on any atom is 0.0702 e. The molecule has 0 aliphatic carbocycles. The fourth-order valence-corrected chi connectivity index (χ4v) is 3.33. The van der Waals surface area contributed by atoms with Crippen molar-refractivity contribution in [2.75, 3.05) is 33.3 Å². The third-order valence-corrected chi connectivity index (χ3v) is 4.27. The molecule has 104 valence electrons. The molecule has 0 bridgehead atoms. The third kappa shape index (κ3) is 3.16. The highest BCUT2D eigenvalue weighted by Gasteiger charge is 2.23. The molecule has 3 nitrogen and oxygen atoms in total. The van der Waals surface area contributed by atoms with E-state index in [-0.39, 0.29) is 0 Å². The minimum absolute atomic E-state index is 0.455. The van der Waals surface area contributed by atoms with E-state index in [1.807, 2.05) is 0 Å². The van der Waals surface area contributed by atoms with Gasteiger partial charge in [0, 0.05) is 38.7 Å². The predicted molar refractivity (Wildman–Crippen MR) is 77.4 cm³/mol. The Morgan fingerprint density at radius 3 is 3.05 bits per heavy atom. The molecule has 1 aromatic carbocycles. The molecule has 0 amide bonds. The van der Waals surface area contributed by atoms with E-state index in [4.69, 9.17) is 4.74 Å². The van der Waals surface area contributed by atoms with Gasteiger partial charge in [-0.25, -0.2) is 0 Å². The number of benzene rings is 1. The monoisotopic (exact) mass is 260 g/mol. The van der Waals surface area contributed by atoms with Gasteiger partial charge in [0.2, 0.25) is 0 Å². The van der Waals surface area contributed by atoms with Crippen molar-refractivity contribution in [3.63, 3.8) is 0 Å². The Kier molecular flexibility index (Phi) is 4.16. The number of fused-ring (bicyclic) bond motifs is 1. The van der Waals surface area contributed by atoms with Crippen LogP contribution in [0.5, 0.6) is 0 Å². The highest BCUT2D eigenvalue weighted by Crippen LogP contribution is 2.24. The van der Waals surface area contributed by atoms with Crippen molar-refractivity contribution in [1.29, 1.82) is 0 Å². The van der Waals surface area contributed by atoms with Gasteiger partial charge in [0.25, 0.3) is 0 Å². The number of rotatable bonds is 4. The third-order valence-electron chi connectivity index (χ3n) is 4.27. The molecule has 0 radical (unpaired) electrons. The number of hydrogen-bond acceptors (Lipinski definition) is 3. The number of ether oxygens (including phenoxy) is 1. The van der Waals surface area contributed by atoms with Gasteiger partial charge in [0.15, 0.2) is 0 Å². The van der Waals surface area contributed by atoms with Crippen LogP contribution in [0.4, 0.5) is 0 Å². The average molecular weight is 260 g/mol. The molecule has 0 saturated carbocycles. The summed E-state index contributed by atoms with van der Waals surface area (Å²) in [6, 6.07) is 8.84. The summed E-state index contributed by atoms with van der Waals surface area (Å²) in [7, 11) is 2.22. The van der Waals surface area contributed by atoms with Gasteiger partial charge in [-0.1, -0.05) is 24.3 Å². The van der Waals surface area contributed by atoms with Crippen LogP contribution < -0.4 is 5.32 Å². The molecule has 1 saturated heterocycles. The molecule has 2 atom stereocenters. The first-order valence-electron chi connectivity index (χ1n) is 7.41. The largest absolute Gasteiger partial charge is 0.377 e. The molecule has 3 heteroatoms. The van der Waals surface area contributed by atoms with E-state index in [2.05, 4.69) is 41.5 Å². The van der Waals surface area contributed by atoms with Crippen molar-refractivity contribution < 1.29 is 4.74 Å². The predicted octanol–water partition coefficient (Wildman–Crippen LogP) is 1.98. The zero-order valence-electron chi connectivity index (χ0n) is 11.8. The molecular weight excluding hydrogens is 236 g/mol. The molecule has 2 heterocycles. The van der Waals surface area contributed by atoms with Crippen LogP contribution in [0.3, 0.4) is 0 Å². The first-order valence-corrected chi connectivity index (χ1v) is 7.41. The number of likely N-dealkylation sites (N-methyl/N-ethyl adjacent to an activating group) is 1. The van der Waals surface area contributed by atoms with Crippen LogP contribution in [0, 0.1) is 0 Å². The van der Waals surface area contributed by atoms with E-state index in [1.54, 1.807) is 0 Å². The Morgan fingerprint density at radius 2 is 2.21 bits per heavy atom. The Balaban J connectivity index is 1.60. The van der Waals surface area contributed by atoms with Crippen molar-refractivity contribution in [3.8, 4) is 0 Å². The maximum atomic E-state index is 5.72. The molecule has 3 rings (SSSR count).